The first-order valence-electron chi connectivity index (χ1n) is 5.32. The van der Waals surface area contributed by atoms with Gasteiger partial charge in [-0.05, 0) is 49.9 Å². The lowest BCUT2D eigenvalue weighted by molar-refractivity contribution is 0.317. The highest BCUT2D eigenvalue weighted by Gasteiger charge is 2.16. The summed E-state index contributed by atoms with van der Waals surface area (Å²) in [5.74, 6) is 0.899. The van der Waals surface area contributed by atoms with E-state index < -0.39 is 0 Å². The number of aryl methyl sites for hydroxylation is 1. The zero-order valence-corrected chi connectivity index (χ0v) is 8.86. The Bertz CT molecular complexity index is 385. The summed E-state index contributed by atoms with van der Waals surface area (Å²) in [5, 5.41) is 12.2. The summed E-state index contributed by atoms with van der Waals surface area (Å²) in [4.78, 5) is 0. The molecule has 3 nitrogen and oxygen atoms in total. The van der Waals surface area contributed by atoms with Gasteiger partial charge < -0.3 is 9.94 Å². The molecule has 1 N–H and O–H groups in total. The van der Waals surface area contributed by atoms with E-state index in [0.29, 0.717) is 6.61 Å². The number of hydrogen-bond donors (Lipinski definition) is 1. The molecule has 1 aliphatic carbocycles. The molecule has 0 atom stereocenters. The molecule has 0 radical (unpaired) electrons. The molecule has 0 heterocycles. The molecular formula is C12H15NO2. The highest BCUT2D eigenvalue weighted by atomic mass is 16.5. The standard InChI is InChI=1S/C12H15NO2/c1-2-15-10-6-7-11-9(8-10)4-3-5-12(11)13-14/h6-8,14H,2-5H2,1H3. The fraction of sp³-hybridized carbons (Fsp3) is 0.417. The Kier molecular flexibility index (Phi) is 2.90. The van der Waals surface area contributed by atoms with Crippen molar-refractivity contribution in [3.05, 3.63) is 29.3 Å². The van der Waals surface area contributed by atoms with Crippen molar-refractivity contribution in [2.75, 3.05) is 6.61 Å². The van der Waals surface area contributed by atoms with Crippen LogP contribution < -0.4 is 4.74 Å². The van der Waals surface area contributed by atoms with Gasteiger partial charge in [-0.15, -0.1) is 0 Å². The molecule has 0 aromatic heterocycles. The van der Waals surface area contributed by atoms with Crippen molar-refractivity contribution in [1.29, 1.82) is 0 Å². The van der Waals surface area contributed by atoms with Gasteiger partial charge in [0.25, 0.3) is 0 Å². The first-order valence-corrected chi connectivity index (χ1v) is 5.32. The number of hydrogen-bond acceptors (Lipinski definition) is 3. The van der Waals surface area contributed by atoms with E-state index in [2.05, 4.69) is 5.16 Å². The summed E-state index contributed by atoms with van der Waals surface area (Å²) >= 11 is 0. The van der Waals surface area contributed by atoms with Gasteiger partial charge in [0.2, 0.25) is 0 Å². The van der Waals surface area contributed by atoms with Gasteiger partial charge in [-0.1, -0.05) is 5.16 Å². The maximum absolute atomic E-state index is 8.87. The van der Waals surface area contributed by atoms with Crippen molar-refractivity contribution in [3.63, 3.8) is 0 Å². The van der Waals surface area contributed by atoms with E-state index in [4.69, 9.17) is 9.94 Å². The minimum atomic E-state index is 0.680. The molecular weight excluding hydrogens is 190 g/mol. The Balaban J connectivity index is 2.36. The normalized spacial score (nSPS) is 17.5. The molecule has 1 aromatic carbocycles. The Hall–Kier alpha value is -1.51. The van der Waals surface area contributed by atoms with Crippen LogP contribution in [0.5, 0.6) is 5.75 Å². The van der Waals surface area contributed by atoms with Crippen LogP contribution >= 0.6 is 0 Å². The second-order valence-electron chi connectivity index (χ2n) is 3.65. The molecule has 0 amide bonds. The second-order valence-corrected chi connectivity index (χ2v) is 3.65. The zero-order chi connectivity index (χ0) is 10.7. The van der Waals surface area contributed by atoms with Gasteiger partial charge in [0.1, 0.15) is 5.75 Å². The monoisotopic (exact) mass is 205 g/mol. The summed E-state index contributed by atoms with van der Waals surface area (Å²) in [7, 11) is 0. The van der Waals surface area contributed by atoms with E-state index in [1.165, 1.54) is 5.56 Å². The van der Waals surface area contributed by atoms with Gasteiger partial charge >= 0.3 is 0 Å². The fourth-order valence-electron chi connectivity index (χ4n) is 2.00. The molecule has 15 heavy (non-hydrogen) atoms. The Labute approximate surface area is 89.4 Å². The van der Waals surface area contributed by atoms with E-state index in [-0.39, 0.29) is 0 Å². The van der Waals surface area contributed by atoms with Gasteiger partial charge in [-0.3, -0.25) is 0 Å². The van der Waals surface area contributed by atoms with Crippen molar-refractivity contribution in [1.82, 2.24) is 0 Å². The molecule has 0 saturated heterocycles. The van der Waals surface area contributed by atoms with Crippen LogP contribution in [0.3, 0.4) is 0 Å². The molecule has 1 aromatic rings. The first-order chi connectivity index (χ1) is 7.35. The third-order valence-electron chi connectivity index (χ3n) is 2.68. The third-order valence-corrected chi connectivity index (χ3v) is 2.68. The Morgan fingerprint density at radius 1 is 1.40 bits per heavy atom. The summed E-state index contributed by atoms with van der Waals surface area (Å²) in [6.45, 7) is 2.65. The van der Waals surface area contributed by atoms with Gasteiger partial charge in [-0.2, -0.15) is 0 Å². The molecule has 0 unspecified atom stereocenters. The number of oxime groups is 1. The Morgan fingerprint density at radius 2 is 2.27 bits per heavy atom. The third kappa shape index (κ3) is 1.96. The average molecular weight is 205 g/mol. The van der Waals surface area contributed by atoms with Crippen LogP contribution in [0.4, 0.5) is 0 Å². The number of benzene rings is 1. The highest BCUT2D eigenvalue weighted by Crippen LogP contribution is 2.25. The summed E-state index contributed by atoms with van der Waals surface area (Å²) in [6.07, 6.45) is 2.94. The molecule has 3 heteroatoms. The number of nitrogens with zero attached hydrogens (tertiary/aromatic N) is 1. The lowest BCUT2D eigenvalue weighted by Gasteiger charge is -2.17. The fourth-order valence-corrected chi connectivity index (χ4v) is 2.00. The number of ether oxygens (including phenoxy) is 1. The van der Waals surface area contributed by atoms with Crippen molar-refractivity contribution < 1.29 is 9.94 Å². The van der Waals surface area contributed by atoms with E-state index in [9.17, 15) is 0 Å². The van der Waals surface area contributed by atoms with Gasteiger partial charge in [-0.25, -0.2) is 0 Å². The first kappa shape index (κ1) is 10.0. The lowest BCUT2D eigenvalue weighted by atomic mass is 9.90. The number of fused-ring (bicyclic) bond motifs is 1. The maximum Gasteiger partial charge on any atom is 0.119 e. The lowest BCUT2D eigenvalue weighted by Crippen LogP contribution is -2.12. The molecule has 1 aliphatic rings. The minimum absolute atomic E-state index is 0.680. The Morgan fingerprint density at radius 3 is 3.00 bits per heavy atom. The van der Waals surface area contributed by atoms with Gasteiger partial charge in [0.05, 0.1) is 12.3 Å². The largest absolute Gasteiger partial charge is 0.494 e. The van der Waals surface area contributed by atoms with Crippen molar-refractivity contribution >= 4 is 5.71 Å². The quantitative estimate of drug-likeness (QED) is 0.595. The topological polar surface area (TPSA) is 41.8 Å². The van der Waals surface area contributed by atoms with Crippen LogP contribution in [0.25, 0.3) is 0 Å². The minimum Gasteiger partial charge on any atom is -0.494 e. The van der Waals surface area contributed by atoms with Crippen molar-refractivity contribution in [2.45, 2.75) is 26.2 Å². The van der Waals surface area contributed by atoms with Crippen LogP contribution in [0.2, 0.25) is 0 Å². The molecule has 2 rings (SSSR count). The zero-order valence-electron chi connectivity index (χ0n) is 8.86. The van der Waals surface area contributed by atoms with E-state index >= 15 is 0 Å². The summed E-state index contributed by atoms with van der Waals surface area (Å²) < 4.78 is 5.44. The average Bonchev–Trinajstić information content (AvgIpc) is 2.28. The van der Waals surface area contributed by atoms with Crippen molar-refractivity contribution in [2.24, 2.45) is 5.16 Å². The van der Waals surface area contributed by atoms with Crippen LogP contribution in [-0.2, 0) is 6.42 Å². The molecule has 80 valence electrons. The van der Waals surface area contributed by atoms with Gasteiger partial charge in [0.15, 0.2) is 0 Å². The maximum atomic E-state index is 8.87. The predicted octanol–water partition coefficient (Wildman–Crippen LogP) is 2.60. The van der Waals surface area contributed by atoms with Crippen LogP contribution in [0.1, 0.15) is 30.9 Å². The van der Waals surface area contributed by atoms with Gasteiger partial charge in [0, 0.05) is 5.56 Å². The summed E-state index contributed by atoms with van der Waals surface area (Å²) in [6, 6.07) is 5.95. The molecule has 0 spiro atoms. The SMILES string of the molecule is CCOc1ccc2c(c1)CCCC2=NO. The van der Waals surface area contributed by atoms with E-state index in [1.807, 2.05) is 25.1 Å². The number of rotatable bonds is 2. The van der Waals surface area contributed by atoms with E-state index in [0.717, 1.165) is 36.3 Å². The summed E-state index contributed by atoms with van der Waals surface area (Å²) in [5.41, 5.74) is 3.08. The van der Waals surface area contributed by atoms with Crippen LogP contribution in [-0.4, -0.2) is 17.5 Å². The molecule has 0 bridgehead atoms. The predicted molar refractivity (Wildman–Crippen MR) is 58.9 cm³/mol. The van der Waals surface area contributed by atoms with Crippen LogP contribution in [0.15, 0.2) is 23.4 Å². The molecule has 0 aliphatic heterocycles. The second kappa shape index (κ2) is 4.34. The van der Waals surface area contributed by atoms with Crippen LogP contribution in [0, 0.1) is 0 Å². The van der Waals surface area contributed by atoms with E-state index in [1.54, 1.807) is 0 Å². The van der Waals surface area contributed by atoms with Crippen molar-refractivity contribution in [3.8, 4) is 5.75 Å². The smallest absolute Gasteiger partial charge is 0.119 e. The molecule has 0 fully saturated rings. The highest BCUT2D eigenvalue weighted by molar-refractivity contribution is 6.02. The molecule has 0 saturated carbocycles.